The summed E-state index contributed by atoms with van der Waals surface area (Å²) in [6, 6.07) is 0. The fourth-order valence-electron chi connectivity index (χ4n) is 4.99. The summed E-state index contributed by atoms with van der Waals surface area (Å²) >= 11 is 0. The van der Waals surface area contributed by atoms with E-state index in [4.69, 9.17) is 4.74 Å². The molecule has 2 rings (SSSR count). The summed E-state index contributed by atoms with van der Waals surface area (Å²) in [5, 5.41) is 14.5. The van der Waals surface area contributed by atoms with E-state index < -0.39 is 0 Å². The Morgan fingerprint density at radius 3 is 2.41 bits per heavy atom. The van der Waals surface area contributed by atoms with Gasteiger partial charge in [-0.05, 0) is 64.5 Å². The molecule has 2 aliphatic heterocycles. The predicted molar refractivity (Wildman–Crippen MR) is 96.5 cm³/mol. The molecule has 2 N–H and O–H groups in total. The fraction of sp³-hybridized carbons (Fsp3) is 1.00. The minimum absolute atomic E-state index is 0.105. The largest absolute Gasteiger partial charge is 0.390 e. The first-order valence-corrected chi connectivity index (χ1v) is 10.9. The second kappa shape index (κ2) is 7.33. The van der Waals surface area contributed by atoms with Crippen LogP contribution in [0.5, 0.6) is 0 Å². The number of unbranched alkanes of at least 4 members (excludes halogenated alkanes) is 1. The highest BCUT2D eigenvalue weighted by molar-refractivity contribution is 6.40. The standard InChI is InChI=1S/C18H37NO2Si/c1-6-7-8-14-16(20)15(9-10-21-14)22-13-11-17(2,3)19-18(4,5)12-13/h13-16,19-20H,6-12,22H2,1-5H3. The van der Waals surface area contributed by atoms with Gasteiger partial charge in [-0.25, -0.2) is 0 Å². The number of hydrogen-bond acceptors (Lipinski definition) is 3. The van der Waals surface area contributed by atoms with Gasteiger partial charge < -0.3 is 15.2 Å². The van der Waals surface area contributed by atoms with E-state index in [0.717, 1.165) is 25.0 Å². The summed E-state index contributed by atoms with van der Waals surface area (Å²) in [5.41, 5.74) is 1.87. The van der Waals surface area contributed by atoms with Crippen LogP contribution in [0.25, 0.3) is 0 Å². The van der Waals surface area contributed by atoms with Gasteiger partial charge in [0.2, 0.25) is 0 Å². The molecule has 130 valence electrons. The van der Waals surface area contributed by atoms with Crippen molar-refractivity contribution in [2.75, 3.05) is 6.61 Å². The van der Waals surface area contributed by atoms with E-state index >= 15 is 0 Å². The Bertz CT molecular complexity index is 343. The normalized spacial score (nSPS) is 36.0. The number of rotatable bonds is 5. The molecule has 2 heterocycles. The minimum atomic E-state index is -0.290. The highest BCUT2D eigenvalue weighted by Crippen LogP contribution is 2.40. The topological polar surface area (TPSA) is 41.5 Å². The van der Waals surface area contributed by atoms with Crippen molar-refractivity contribution in [1.82, 2.24) is 5.32 Å². The smallest absolute Gasteiger partial charge is 0.0833 e. The first kappa shape index (κ1) is 18.4. The van der Waals surface area contributed by atoms with E-state index in [1.807, 2.05) is 0 Å². The Kier molecular flexibility index (Phi) is 6.14. The molecule has 0 aromatic rings. The summed E-state index contributed by atoms with van der Waals surface area (Å²) in [4.78, 5) is 0. The van der Waals surface area contributed by atoms with E-state index in [-0.39, 0.29) is 32.8 Å². The predicted octanol–water partition coefficient (Wildman–Crippen LogP) is 3.01. The van der Waals surface area contributed by atoms with Crippen molar-refractivity contribution < 1.29 is 9.84 Å². The first-order valence-electron chi connectivity index (χ1n) is 9.31. The number of piperidine rings is 1. The van der Waals surface area contributed by atoms with Crippen LogP contribution in [0.15, 0.2) is 0 Å². The number of hydrogen-bond donors (Lipinski definition) is 2. The van der Waals surface area contributed by atoms with Gasteiger partial charge in [0, 0.05) is 27.2 Å². The molecule has 3 nitrogen and oxygen atoms in total. The van der Waals surface area contributed by atoms with Crippen molar-refractivity contribution in [3.63, 3.8) is 0 Å². The number of nitrogens with one attached hydrogen (secondary N) is 1. The molecule has 0 saturated carbocycles. The maximum atomic E-state index is 10.7. The Labute approximate surface area is 139 Å². The van der Waals surface area contributed by atoms with Crippen molar-refractivity contribution in [1.29, 1.82) is 0 Å². The lowest BCUT2D eigenvalue weighted by Crippen LogP contribution is -2.57. The third-order valence-electron chi connectivity index (χ3n) is 5.44. The third-order valence-corrected chi connectivity index (χ3v) is 8.18. The van der Waals surface area contributed by atoms with Crippen LogP contribution >= 0.6 is 0 Å². The van der Waals surface area contributed by atoms with E-state index in [2.05, 4.69) is 39.9 Å². The molecule has 0 spiro atoms. The van der Waals surface area contributed by atoms with E-state index in [9.17, 15) is 5.11 Å². The van der Waals surface area contributed by atoms with Crippen LogP contribution < -0.4 is 5.32 Å². The Hall–Kier alpha value is 0.0969. The van der Waals surface area contributed by atoms with Crippen LogP contribution in [-0.2, 0) is 4.74 Å². The van der Waals surface area contributed by atoms with Gasteiger partial charge in [0.05, 0.1) is 12.2 Å². The van der Waals surface area contributed by atoms with Crippen LogP contribution in [0.3, 0.4) is 0 Å². The van der Waals surface area contributed by atoms with Gasteiger partial charge in [-0.3, -0.25) is 0 Å². The SMILES string of the molecule is CCCCC1OCCC([SiH2]C2CC(C)(C)NC(C)(C)C2)C1O. The summed E-state index contributed by atoms with van der Waals surface area (Å²) in [6.45, 7) is 12.4. The van der Waals surface area contributed by atoms with Crippen LogP contribution in [0.4, 0.5) is 0 Å². The molecule has 0 aliphatic carbocycles. The molecule has 4 heteroatoms. The van der Waals surface area contributed by atoms with Gasteiger partial charge in [-0.1, -0.05) is 19.8 Å². The van der Waals surface area contributed by atoms with E-state index in [1.165, 1.54) is 25.7 Å². The van der Waals surface area contributed by atoms with Crippen LogP contribution in [0.1, 0.15) is 73.1 Å². The molecule has 2 saturated heterocycles. The molecule has 0 radical (unpaired) electrons. The van der Waals surface area contributed by atoms with E-state index in [1.54, 1.807) is 0 Å². The summed E-state index contributed by atoms with van der Waals surface area (Å²) < 4.78 is 5.85. The fourth-order valence-corrected chi connectivity index (χ4v) is 8.61. The summed E-state index contributed by atoms with van der Waals surface area (Å²) in [6.07, 6.45) is 6.92. The molecule has 22 heavy (non-hydrogen) atoms. The first-order chi connectivity index (χ1) is 10.2. The molecule has 2 aliphatic rings. The summed E-state index contributed by atoms with van der Waals surface area (Å²) in [7, 11) is -0.290. The maximum absolute atomic E-state index is 10.7. The van der Waals surface area contributed by atoms with Crippen LogP contribution in [0, 0.1) is 0 Å². The van der Waals surface area contributed by atoms with Gasteiger partial charge in [-0.2, -0.15) is 0 Å². The van der Waals surface area contributed by atoms with Gasteiger partial charge in [-0.15, -0.1) is 0 Å². The van der Waals surface area contributed by atoms with Crippen molar-refractivity contribution in [3.8, 4) is 0 Å². The molecular formula is C18H37NO2Si. The monoisotopic (exact) mass is 327 g/mol. The summed E-state index contributed by atoms with van der Waals surface area (Å²) in [5.74, 6) is 0. The lowest BCUT2D eigenvalue weighted by Gasteiger charge is -2.48. The van der Waals surface area contributed by atoms with Gasteiger partial charge in [0.15, 0.2) is 0 Å². The van der Waals surface area contributed by atoms with E-state index in [0.29, 0.717) is 5.54 Å². The van der Waals surface area contributed by atoms with Crippen LogP contribution in [0.2, 0.25) is 11.1 Å². The van der Waals surface area contributed by atoms with Gasteiger partial charge in [0.1, 0.15) is 0 Å². The zero-order valence-electron chi connectivity index (χ0n) is 15.3. The minimum Gasteiger partial charge on any atom is -0.390 e. The Morgan fingerprint density at radius 2 is 1.82 bits per heavy atom. The number of aliphatic hydroxyl groups excluding tert-OH is 1. The average Bonchev–Trinajstić information content (AvgIpc) is 2.36. The number of ether oxygens (including phenoxy) is 1. The highest BCUT2D eigenvalue weighted by Gasteiger charge is 2.41. The van der Waals surface area contributed by atoms with Crippen molar-refractivity contribution in [2.24, 2.45) is 0 Å². The van der Waals surface area contributed by atoms with Gasteiger partial charge in [0.25, 0.3) is 0 Å². The van der Waals surface area contributed by atoms with Crippen molar-refractivity contribution in [2.45, 2.75) is 108 Å². The quantitative estimate of drug-likeness (QED) is 0.763. The zero-order chi connectivity index (χ0) is 16.4. The van der Waals surface area contributed by atoms with Crippen LogP contribution in [-0.4, -0.2) is 44.5 Å². The van der Waals surface area contributed by atoms with Crippen molar-refractivity contribution >= 4 is 9.52 Å². The second-order valence-corrected chi connectivity index (χ2v) is 11.7. The average molecular weight is 328 g/mol. The second-order valence-electron chi connectivity index (χ2n) is 8.99. The Morgan fingerprint density at radius 1 is 1.18 bits per heavy atom. The lowest BCUT2D eigenvalue weighted by atomic mass is 9.82. The molecule has 0 aromatic heterocycles. The van der Waals surface area contributed by atoms with Crippen molar-refractivity contribution in [3.05, 3.63) is 0 Å². The Balaban J connectivity index is 1.94. The lowest BCUT2D eigenvalue weighted by molar-refractivity contribution is -0.0775. The molecule has 0 amide bonds. The molecule has 0 aromatic carbocycles. The number of aliphatic hydroxyl groups is 1. The molecule has 0 bridgehead atoms. The highest BCUT2D eigenvalue weighted by atomic mass is 28.2. The molecular weight excluding hydrogens is 290 g/mol. The van der Waals surface area contributed by atoms with Gasteiger partial charge >= 0.3 is 0 Å². The maximum Gasteiger partial charge on any atom is 0.0833 e. The molecule has 3 atom stereocenters. The zero-order valence-corrected chi connectivity index (χ0v) is 16.7. The molecule has 3 unspecified atom stereocenters. The third kappa shape index (κ3) is 5.05. The molecule has 2 fully saturated rings.